The summed E-state index contributed by atoms with van der Waals surface area (Å²) in [6, 6.07) is 4.67. The van der Waals surface area contributed by atoms with E-state index in [0.29, 0.717) is 12.5 Å². The fourth-order valence-corrected chi connectivity index (χ4v) is 2.67. The Kier molecular flexibility index (Phi) is 6.78. The number of aromatic nitrogens is 1. The Morgan fingerprint density at radius 3 is 2.63 bits per heavy atom. The molecule has 10 heteroatoms. The molecule has 0 bridgehead atoms. The maximum absolute atomic E-state index is 12.7. The van der Waals surface area contributed by atoms with Crippen LogP contribution >= 0.6 is 11.3 Å². The fourth-order valence-electron chi connectivity index (χ4n) is 1.96. The van der Waals surface area contributed by atoms with Gasteiger partial charge in [0.15, 0.2) is 5.13 Å². The summed E-state index contributed by atoms with van der Waals surface area (Å²) < 4.78 is 38.2. The Labute approximate surface area is 158 Å². The molecule has 2 amide bonds. The molecule has 146 valence electrons. The zero-order chi connectivity index (χ0) is 20.0. The van der Waals surface area contributed by atoms with Crippen LogP contribution in [-0.2, 0) is 11.0 Å². The average molecular weight is 400 g/mol. The highest BCUT2D eigenvalue weighted by molar-refractivity contribution is 7.14. The second-order valence-corrected chi connectivity index (χ2v) is 6.98. The molecular formula is C17H19F3N4O2S. The van der Waals surface area contributed by atoms with Gasteiger partial charge in [-0.25, -0.2) is 4.98 Å². The van der Waals surface area contributed by atoms with Gasteiger partial charge in [-0.15, -0.1) is 11.3 Å². The van der Waals surface area contributed by atoms with Crippen LogP contribution < -0.4 is 16.0 Å². The van der Waals surface area contributed by atoms with Gasteiger partial charge in [0.05, 0.1) is 12.1 Å². The topological polar surface area (TPSA) is 83.1 Å². The third-order valence-electron chi connectivity index (χ3n) is 3.29. The first-order valence-electron chi connectivity index (χ1n) is 8.10. The zero-order valence-electron chi connectivity index (χ0n) is 14.7. The summed E-state index contributed by atoms with van der Waals surface area (Å²) in [4.78, 5) is 27.6. The van der Waals surface area contributed by atoms with Gasteiger partial charge in [-0.2, -0.15) is 13.2 Å². The number of anilines is 2. The minimum Gasteiger partial charge on any atom is -0.354 e. The first-order valence-corrected chi connectivity index (χ1v) is 8.98. The second-order valence-electron chi connectivity index (χ2n) is 6.12. The van der Waals surface area contributed by atoms with Crippen LogP contribution in [0.2, 0.25) is 0 Å². The predicted octanol–water partition coefficient (Wildman–Crippen LogP) is 3.41. The summed E-state index contributed by atoms with van der Waals surface area (Å²) in [5.74, 6) is -0.551. The minimum absolute atomic E-state index is 0.0751. The summed E-state index contributed by atoms with van der Waals surface area (Å²) in [7, 11) is 0. The van der Waals surface area contributed by atoms with Gasteiger partial charge in [-0.3, -0.25) is 9.59 Å². The van der Waals surface area contributed by atoms with Crippen molar-refractivity contribution >= 4 is 34.0 Å². The SMILES string of the molecule is CC(C)CNC(=O)CNC(=O)c1csc(Nc2cccc(C(F)(F)F)c2)n1. The first kappa shape index (κ1) is 20.7. The van der Waals surface area contributed by atoms with E-state index in [1.165, 1.54) is 17.5 Å². The Morgan fingerprint density at radius 1 is 1.22 bits per heavy atom. The van der Waals surface area contributed by atoms with Gasteiger partial charge in [-0.1, -0.05) is 19.9 Å². The summed E-state index contributed by atoms with van der Waals surface area (Å²) in [6.07, 6.45) is -4.44. The highest BCUT2D eigenvalue weighted by Crippen LogP contribution is 2.31. The Morgan fingerprint density at radius 2 is 1.96 bits per heavy atom. The van der Waals surface area contributed by atoms with Crippen LogP contribution in [0.15, 0.2) is 29.6 Å². The Hall–Kier alpha value is -2.62. The number of carbonyl (C=O) groups excluding carboxylic acids is 2. The normalized spacial score (nSPS) is 11.3. The van der Waals surface area contributed by atoms with E-state index in [-0.39, 0.29) is 29.0 Å². The van der Waals surface area contributed by atoms with E-state index in [2.05, 4.69) is 20.9 Å². The summed E-state index contributed by atoms with van der Waals surface area (Å²) in [5, 5.41) is 9.57. The second kappa shape index (κ2) is 8.85. The number of nitrogens with zero attached hydrogens (tertiary/aromatic N) is 1. The number of thiazole rings is 1. The molecule has 1 aromatic carbocycles. The van der Waals surface area contributed by atoms with Crippen molar-refractivity contribution in [1.29, 1.82) is 0 Å². The average Bonchev–Trinajstić information content (AvgIpc) is 3.06. The number of alkyl halides is 3. The largest absolute Gasteiger partial charge is 0.416 e. The molecule has 3 N–H and O–H groups in total. The molecule has 2 rings (SSSR count). The number of hydrogen-bond acceptors (Lipinski definition) is 5. The molecule has 0 aliphatic heterocycles. The quantitative estimate of drug-likeness (QED) is 0.665. The molecule has 0 aliphatic carbocycles. The molecule has 2 aromatic rings. The molecule has 0 saturated heterocycles. The maximum Gasteiger partial charge on any atom is 0.416 e. The molecule has 0 saturated carbocycles. The highest BCUT2D eigenvalue weighted by atomic mass is 32.1. The molecular weight excluding hydrogens is 381 g/mol. The Balaban J connectivity index is 1.92. The zero-order valence-corrected chi connectivity index (χ0v) is 15.5. The maximum atomic E-state index is 12.7. The smallest absolute Gasteiger partial charge is 0.354 e. The summed E-state index contributed by atoms with van der Waals surface area (Å²) in [6.45, 7) is 4.23. The molecule has 0 radical (unpaired) electrons. The van der Waals surface area contributed by atoms with Crippen molar-refractivity contribution in [1.82, 2.24) is 15.6 Å². The van der Waals surface area contributed by atoms with Crippen molar-refractivity contribution < 1.29 is 22.8 Å². The number of rotatable bonds is 7. The highest BCUT2D eigenvalue weighted by Gasteiger charge is 2.30. The van der Waals surface area contributed by atoms with E-state index in [1.54, 1.807) is 0 Å². The van der Waals surface area contributed by atoms with E-state index < -0.39 is 17.6 Å². The molecule has 0 aliphatic rings. The lowest BCUT2D eigenvalue weighted by molar-refractivity contribution is -0.137. The molecule has 6 nitrogen and oxygen atoms in total. The fraction of sp³-hybridized carbons (Fsp3) is 0.353. The van der Waals surface area contributed by atoms with Gasteiger partial charge in [0, 0.05) is 17.6 Å². The van der Waals surface area contributed by atoms with Gasteiger partial charge in [0.2, 0.25) is 5.91 Å². The molecule has 0 unspecified atom stereocenters. The number of benzene rings is 1. The van der Waals surface area contributed by atoms with Crippen LogP contribution in [-0.4, -0.2) is 29.9 Å². The van der Waals surface area contributed by atoms with Crippen molar-refractivity contribution in [2.24, 2.45) is 5.92 Å². The van der Waals surface area contributed by atoms with E-state index in [9.17, 15) is 22.8 Å². The molecule has 27 heavy (non-hydrogen) atoms. The van der Waals surface area contributed by atoms with Crippen molar-refractivity contribution in [2.75, 3.05) is 18.4 Å². The van der Waals surface area contributed by atoms with Crippen LogP contribution in [0.5, 0.6) is 0 Å². The lowest BCUT2D eigenvalue weighted by Crippen LogP contribution is -2.38. The van der Waals surface area contributed by atoms with Crippen molar-refractivity contribution in [3.05, 3.63) is 40.9 Å². The lowest BCUT2D eigenvalue weighted by atomic mass is 10.2. The van der Waals surface area contributed by atoms with Crippen LogP contribution in [0.3, 0.4) is 0 Å². The van der Waals surface area contributed by atoms with Crippen LogP contribution in [0, 0.1) is 5.92 Å². The molecule has 1 aromatic heterocycles. The molecule has 1 heterocycles. The van der Waals surface area contributed by atoms with E-state index >= 15 is 0 Å². The standard InChI is InChI=1S/C17H19F3N4O2S/c1-10(2)7-21-14(25)8-22-15(26)13-9-27-16(24-13)23-12-5-3-4-11(6-12)17(18,19)20/h3-6,9-10H,7-8H2,1-2H3,(H,21,25)(H,22,26)(H,23,24). The predicted molar refractivity (Wildman–Crippen MR) is 97.0 cm³/mol. The summed E-state index contributed by atoms with van der Waals surface area (Å²) >= 11 is 1.07. The third-order valence-corrected chi connectivity index (χ3v) is 4.05. The van der Waals surface area contributed by atoms with Crippen molar-refractivity contribution in [3.8, 4) is 0 Å². The minimum atomic E-state index is -4.44. The molecule has 0 fully saturated rings. The first-order chi connectivity index (χ1) is 12.6. The molecule has 0 spiro atoms. The van der Waals surface area contributed by atoms with E-state index in [0.717, 1.165) is 23.5 Å². The van der Waals surface area contributed by atoms with Gasteiger partial charge in [0.25, 0.3) is 5.91 Å². The van der Waals surface area contributed by atoms with Gasteiger partial charge in [0.1, 0.15) is 5.69 Å². The van der Waals surface area contributed by atoms with E-state index in [1.807, 2.05) is 13.8 Å². The van der Waals surface area contributed by atoms with Crippen LogP contribution in [0.25, 0.3) is 0 Å². The molecule has 0 atom stereocenters. The number of nitrogens with one attached hydrogen (secondary N) is 3. The number of carbonyl (C=O) groups is 2. The third kappa shape index (κ3) is 6.55. The number of amides is 2. The van der Waals surface area contributed by atoms with Crippen LogP contribution in [0.4, 0.5) is 24.0 Å². The van der Waals surface area contributed by atoms with Crippen LogP contribution in [0.1, 0.15) is 29.9 Å². The monoisotopic (exact) mass is 400 g/mol. The van der Waals surface area contributed by atoms with Crippen molar-refractivity contribution in [3.63, 3.8) is 0 Å². The summed E-state index contributed by atoms with van der Waals surface area (Å²) in [5.41, 5.74) is -0.500. The van der Waals surface area contributed by atoms with Crippen molar-refractivity contribution in [2.45, 2.75) is 20.0 Å². The number of hydrogen-bond donors (Lipinski definition) is 3. The van der Waals surface area contributed by atoms with Gasteiger partial charge >= 0.3 is 6.18 Å². The number of halogens is 3. The van der Waals surface area contributed by atoms with Gasteiger partial charge < -0.3 is 16.0 Å². The van der Waals surface area contributed by atoms with Gasteiger partial charge in [-0.05, 0) is 24.1 Å². The lowest BCUT2D eigenvalue weighted by Gasteiger charge is -2.09. The Bertz CT molecular complexity index is 805. The van der Waals surface area contributed by atoms with E-state index in [4.69, 9.17) is 0 Å².